The molecule has 2 aromatic carbocycles. The van der Waals surface area contributed by atoms with E-state index >= 15 is 0 Å². The van der Waals surface area contributed by atoms with Crippen molar-refractivity contribution in [3.05, 3.63) is 65.1 Å². The lowest BCUT2D eigenvalue weighted by Crippen LogP contribution is -2.37. The number of benzene rings is 2. The van der Waals surface area contributed by atoms with Crippen LogP contribution in [0.4, 0.5) is 4.39 Å². The second kappa shape index (κ2) is 6.24. The van der Waals surface area contributed by atoms with E-state index in [2.05, 4.69) is 4.98 Å². The summed E-state index contributed by atoms with van der Waals surface area (Å²) in [6.07, 6.45) is 0.877. The number of nitrogens with one attached hydrogen (secondary N) is 1. The average Bonchev–Trinajstić information content (AvgIpc) is 3.00. The van der Waals surface area contributed by atoms with Crippen molar-refractivity contribution in [3.8, 4) is 5.75 Å². The van der Waals surface area contributed by atoms with Crippen molar-refractivity contribution >= 4 is 16.8 Å². The SMILES string of the molecule is COc1ccc2[nH]c3c(c2c1)CCN(C(=O)Cc1ccccc1F)C3. The van der Waals surface area contributed by atoms with Gasteiger partial charge in [0.15, 0.2) is 0 Å². The summed E-state index contributed by atoms with van der Waals surface area (Å²) in [7, 11) is 1.66. The molecule has 1 N–H and O–H groups in total. The lowest BCUT2D eigenvalue weighted by atomic mass is 10.0. The van der Waals surface area contributed by atoms with Crippen LogP contribution in [-0.4, -0.2) is 29.4 Å². The van der Waals surface area contributed by atoms with Crippen LogP contribution in [0.25, 0.3) is 10.9 Å². The third kappa shape index (κ3) is 2.86. The number of amides is 1. The van der Waals surface area contributed by atoms with E-state index < -0.39 is 0 Å². The van der Waals surface area contributed by atoms with Crippen molar-refractivity contribution in [3.63, 3.8) is 0 Å². The van der Waals surface area contributed by atoms with Crippen LogP contribution in [0.1, 0.15) is 16.8 Å². The molecule has 0 atom stereocenters. The van der Waals surface area contributed by atoms with Gasteiger partial charge in [-0.1, -0.05) is 18.2 Å². The summed E-state index contributed by atoms with van der Waals surface area (Å²) in [5.74, 6) is 0.450. The van der Waals surface area contributed by atoms with Crippen LogP contribution >= 0.6 is 0 Å². The second-order valence-electron chi connectivity index (χ2n) is 6.33. The number of halogens is 1. The first-order chi connectivity index (χ1) is 12.2. The Morgan fingerprint density at radius 3 is 2.92 bits per heavy atom. The Morgan fingerprint density at radius 1 is 1.28 bits per heavy atom. The Morgan fingerprint density at radius 2 is 2.12 bits per heavy atom. The number of H-pyrrole nitrogens is 1. The molecule has 128 valence electrons. The van der Waals surface area contributed by atoms with Gasteiger partial charge in [-0.15, -0.1) is 0 Å². The van der Waals surface area contributed by atoms with Crippen LogP contribution in [0.3, 0.4) is 0 Å². The molecule has 5 heteroatoms. The molecule has 0 saturated heterocycles. The highest BCUT2D eigenvalue weighted by Gasteiger charge is 2.24. The van der Waals surface area contributed by atoms with Gasteiger partial charge in [0.25, 0.3) is 0 Å². The quantitative estimate of drug-likeness (QED) is 0.795. The molecule has 1 amide bonds. The molecule has 3 aromatic rings. The minimum atomic E-state index is -0.328. The third-order valence-electron chi connectivity index (χ3n) is 4.83. The molecule has 0 fully saturated rings. The monoisotopic (exact) mass is 338 g/mol. The molecule has 0 aliphatic carbocycles. The molecular weight excluding hydrogens is 319 g/mol. The molecule has 1 aliphatic heterocycles. The van der Waals surface area contributed by atoms with Gasteiger partial charge in [0.05, 0.1) is 20.1 Å². The van der Waals surface area contributed by atoms with Crippen LogP contribution < -0.4 is 4.74 Å². The van der Waals surface area contributed by atoms with Gasteiger partial charge in [-0.05, 0) is 41.8 Å². The maximum absolute atomic E-state index is 13.8. The van der Waals surface area contributed by atoms with E-state index in [9.17, 15) is 9.18 Å². The lowest BCUT2D eigenvalue weighted by molar-refractivity contribution is -0.131. The van der Waals surface area contributed by atoms with Crippen LogP contribution in [-0.2, 0) is 24.2 Å². The smallest absolute Gasteiger partial charge is 0.227 e. The highest BCUT2D eigenvalue weighted by molar-refractivity contribution is 5.87. The Kier molecular flexibility index (Phi) is 3.92. The van der Waals surface area contributed by atoms with Gasteiger partial charge in [0.1, 0.15) is 11.6 Å². The first kappa shape index (κ1) is 15.7. The van der Waals surface area contributed by atoms with Crippen LogP contribution in [0.5, 0.6) is 5.75 Å². The molecule has 4 nitrogen and oxygen atoms in total. The Balaban J connectivity index is 1.56. The predicted octanol–water partition coefficient (Wildman–Crippen LogP) is 3.44. The zero-order chi connectivity index (χ0) is 17.4. The Bertz CT molecular complexity index is 948. The minimum absolute atomic E-state index is 0.0491. The molecular formula is C20H19FN2O2. The van der Waals surface area contributed by atoms with Crippen molar-refractivity contribution < 1.29 is 13.9 Å². The summed E-state index contributed by atoms with van der Waals surface area (Å²) in [6, 6.07) is 12.4. The Hall–Kier alpha value is -2.82. The predicted molar refractivity (Wildman–Crippen MR) is 94.1 cm³/mol. The zero-order valence-corrected chi connectivity index (χ0v) is 14.0. The average molecular weight is 338 g/mol. The summed E-state index contributed by atoms with van der Waals surface area (Å²) >= 11 is 0. The molecule has 0 bridgehead atoms. The van der Waals surface area contributed by atoms with Crippen molar-refractivity contribution in [2.45, 2.75) is 19.4 Å². The van der Waals surface area contributed by atoms with Gasteiger partial charge >= 0.3 is 0 Å². The Labute approximate surface area is 145 Å². The van der Waals surface area contributed by atoms with Gasteiger partial charge in [0.2, 0.25) is 5.91 Å². The molecule has 1 aliphatic rings. The summed E-state index contributed by atoms with van der Waals surface area (Å²) in [4.78, 5) is 17.8. The van der Waals surface area contributed by atoms with E-state index in [-0.39, 0.29) is 18.1 Å². The van der Waals surface area contributed by atoms with E-state index in [1.54, 1.807) is 30.2 Å². The van der Waals surface area contributed by atoms with E-state index in [0.29, 0.717) is 18.7 Å². The standard InChI is InChI=1S/C20H19FN2O2/c1-25-14-6-7-18-16(11-14)15-8-9-23(12-19(15)22-18)20(24)10-13-4-2-3-5-17(13)21/h2-7,11,22H,8-10,12H2,1H3. The number of aromatic amines is 1. The van der Waals surface area contributed by atoms with Gasteiger partial charge in [-0.2, -0.15) is 0 Å². The number of methoxy groups -OCH3 is 1. The van der Waals surface area contributed by atoms with Crippen LogP contribution in [0.2, 0.25) is 0 Å². The largest absolute Gasteiger partial charge is 0.497 e. The fraction of sp³-hybridized carbons (Fsp3) is 0.250. The third-order valence-corrected chi connectivity index (χ3v) is 4.83. The summed E-state index contributed by atoms with van der Waals surface area (Å²) in [5, 5.41) is 1.15. The highest BCUT2D eigenvalue weighted by Crippen LogP contribution is 2.30. The van der Waals surface area contributed by atoms with Crippen LogP contribution in [0.15, 0.2) is 42.5 Å². The first-order valence-corrected chi connectivity index (χ1v) is 8.34. The van der Waals surface area contributed by atoms with Crippen LogP contribution in [0, 0.1) is 5.82 Å². The topological polar surface area (TPSA) is 45.3 Å². The minimum Gasteiger partial charge on any atom is -0.497 e. The molecule has 0 unspecified atom stereocenters. The van der Waals surface area contributed by atoms with Crippen molar-refractivity contribution in [1.29, 1.82) is 0 Å². The van der Waals surface area contributed by atoms with E-state index in [4.69, 9.17) is 4.74 Å². The van der Waals surface area contributed by atoms with E-state index in [0.717, 1.165) is 28.8 Å². The van der Waals surface area contributed by atoms with Gasteiger partial charge in [-0.25, -0.2) is 4.39 Å². The molecule has 2 heterocycles. The molecule has 0 radical (unpaired) electrons. The molecule has 4 rings (SSSR count). The van der Waals surface area contributed by atoms with Crippen molar-refractivity contribution in [2.75, 3.05) is 13.7 Å². The maximum atomic E-state index is 13.8. The summed E-state index contributed by atoms with van der Waals surface area (Å²) in [6.45, 7) is 1.17. The number of carbonyl (C=O) groups excluding carboxylic acids is 1. The lowest BCUT2D eigenvalue weighted by Gasteiger charge is -2.27. The molecule has 25 heavy (non-hydrogen) atoms. The number of rotatable bonds is 3. The number of ether oxygens (including phenoxy) is 1. The first-order valence-electron chi connectivity index (χ1n) is 8.34. The van der Waals surface area contributed by atoms with Crippen molar-refractivity contribution in [2.24, 2.45) is 0 Å². The second-order valence-corrected chi connectivity index (χ2v) is 6.33. The van der Waals surface area contributed by atoms with Gasteiger partial charge < -0.3 is 14.6 Å². The van der Waals surface area contributed by atoms with Crippen molar-refractivity contribution in [1.82, 2.24) is 9.88 Å². The van der Waals surface area contributed by atoms with Gasteiger partial charge in [-0.3, -0.25) is 4.79 Å². The number of carbonyl (C=O) groups is 1. The summed E-state index contributed by atoms with van der Waals surface area (Å²) < 4.78 is 19.1. The summed E-state index contributed by atoms with van der Waals surface area (Å²) in [5.41, 5.74) is 3.79. The molecule has 1 aromatic heterocycles. The number of aromatic nitrogens is 1. The van der Waals surface area contributed by atoms with Gasteiger partial charge in [0, 0.05) is 23.1 Å². The number of hydrogen-bond acceptors (Lipinski definition) is 2. The highest BCUT2D eigenvalue weighted by atomic mass is 19.1. The molecule has 0 spiro atoms. The zero-order valence-electron chi connectivity index (χ0n) is 14.0. The molecule has 0 saturated carbocycles. The van der Waals surface area contributed by atoms with E-state index in [1.165, 1.54) is 11.6 Å². The number of fused-ring (bicyclic) bond motifs is 3. The maximum Gasteiger partial charge on any atom is 0.227 e. The number of nitrogens with zero attached hydrogens (tertiary/aromatic N) is 1. The normalized spacial score (nSPS) is 13.8. The number of hydrogen-bond donors (Lipinski definition) is 1. The van der Waals surface area contributed by atoms with E-state index in [1.807, 2.05) is 18.2 Å². The fourth-order valence-electron chi connectivity index (χ4n) is 3.48. The fourth-order valence-corrected chi connectivity index (χ4v) is 3.48.